The molecule has 44 heavy (non-hydrogen) atoms. The minimum absolute atomic E-state index is 0.154. The second kappa shape index (κ2) is 13.0. The number of benzene rings is 3. The second-order valence-electron chi connectivity index (χ2n) is 10.2. The number of urea groups is 1. The predicted molar refractivity (Wildman–Crippen MR) is 163 cm³/mol. The Morgan fingerprint density at radius 2 is 1.80 bits per heavy atom. The van der Waals surface area contributed by atoms with E-state index in [1.807, 2.05) is 0 Å². The van der Waals surface area contributed by atoms with Crippen molar-refractivity contribution in [2.45, 2.75) is 26.9 Å². The van der Waals surface area contributed by atoms with Crippen LogP contribution in [0.2, 0.25) is 5.02 Å². The number of Topliss-reactive ketones (excluding diaryl/α,β-unsaturated/α-hetero) is 1. The number of methoxy groups -OCH3 is 1. The Bertz CT molecular complexity index is 1630. The summed E-state index contributed by atoms with van der Waals surface area (Å²) in [6.07, 6.45) is -1.71. The highest BCUT2D eigenvalue weighted by molar-refractivity contribution is 6.34. The molecular formula is C30H30ClN5O8. The molecule has 1 aliphatic heterocycles. The summed E-state index contributed by atoms with van der Waals surface area (Å²) in [7, 11) is 2.81. The van der Waals surface area contributed by atoms with Gasteiger partial charge in [0.1, 0.15) is 11.5 Å². The number of halogens is 1. The maximum absolute atomic E-state index is 13.9. The van der Waals surface area contributed by atoms with Crippen LogP contribution < -0.4 is 24.7 Å². The van der Waals surface area contributed by atoms with Crippen molar-refractivity contribution in [3.05, 3.63) is 81.4 Å². The Hall–Kier alpha value is -5.17. The molecule has 14 heteroatoms. The third-order valence-electron chi connectivity index (χ3n) is 6.90. The Kier molecular flexibility index (Phi) is 9.38. The van der Waals surface area contributed by atoms with E-state index in [2.05, 4.69) is 5.32 Å². The lowest BCUT2D eigenvalue weighted by Crippen LogP contribution is -2.50. The van der Waals surface area contributed by atoms with E-state index in [1.54, 1.807) is 56.3 Å². The molecule has 230 valence electrons. The summed E-state index contributed by atoms with van der Waals surface area (Å²) in [5.41, 5.74) is 1.04. The van der Waals surface area contributed by atoms with Crippen molar-refractivity contribution in [1.29, 1.82) is 0 Å². The summed E-state index contributed by atoms with van der Waals surface area (Å²) in [6, 6.07) is 14.2. The SMILES string of the molecule is COc1ccc(N2CC(C)C(=O)N2C(=O)N(C)c2cc([N+](=O)[O-])ccc2OC(C(C)=O)C(=O)Nc2cc(C)ccc2Cl)cc1. The second-order valence-corrected chi connectivity index (χ2v) is 10.6. The first-order valence-electron chi connectivity index (χ1n) is 13.4. The molecule has 4 rings (SSSR count). The highest BCUT2D eigenvalue weighted by Crippen LogP contribution is 2.35. The van der Waals surface area contributed by atoms with Gasteiger partial charge in [-0.15, -0.1) is 0 Å². The highest BCUT2D eigenvalue weighted by Gasteiger charge is 2.42. The maximum Gasteiger partial charge on any atom is 0.350 e. The number of non-ortho nitro benzene ring substituents is 1. The molecule has 1 saturated heterocycles. The van der Waals surface area contributed by atoms with Crippen molar-refractivity contribution in [1.82, 2.24) is 5.01 Å². The number of hydrogen-bond donors (Lipinski definition) is 1. The molecule has 0 radical (unpaired) electrons. The van der Waals surface area contributed by atoms with Crippen LogP contribution in [0.15, 0.2) is 60.7 Å². The highest BCUT2D eigenvalue weighted by atomic mass is 35.5. The molecule has 1 fully saturated rings. The lowest BCUT2D eigenvalue weighted by atomic mass is 10.2. The third kappa shape index (κ3) is 6.57. The molecule has 1 heterocycles. The number of nitrogens with one attached hydrogen (secondary N) is 1. The van der Waals surface area contributed by atoms with Crippen LogP contribution in [0.25, 0.3) is 0 Å². The number of aryl methyl sites for hydroxylation is 1. The van der Waals surface area contributed by atoms with Crippen molar-refractivity contribution < 1.29 is 33.6 Å². The average molecular weight is 624 g/mol. The molecule has 0 bridgehead atoms. The first-order valence-corrected chi connectivity index (χ1v) is 13.8. The van der Waals surface area contributed by atoms with Gasteiger partial charge in [0.15, 0.2) is 5.78 Å². The standard InChI is InChI=1S/C30H30ClN5O8/c1-17-6-12-23(31)24(14-17)32-28(38)27(19(3)37)44-26-13-9-21(36(41)42)15-25(26)33(4)30(40)35-29(39)18(2)16-34(35)20-7-10-22(43-5)11-8-20/h6-15,18,27H,16H2,1-5H3,(H,32,38). The van der Waals surface area contributed by atoms with Gasteiger partial charge in [0, 0.05) is 19.2 Å². The molecule has 0 aliphatic carbocycles. The molecule has 13 nitrogen and oxygen atoms in total. The zero-order chi connectivity index (χ0) is 32.3. The normalized spacial score (nSPS) is 15.0. The Morgan fingerprint density at radius 3 is 2.41 bits per heavy atom. The van der Waals surface area contributed by atoms with E-state index in [4.69, 9.17) is 21.1 Å². The van der Waals surface area contributed by atoms with Crippen molar-refractivity contribution in [3.63, 3.8) is 0 Å². The van der Waals surface area contributed by atoms with Crippen LogP contribution in [0.4, 0.5) is 27.5 Å². The zero-order valence-corrected chi connectivity index (χ0v) is 25.3. The molecule has 0 aromatic heterocycles. The summed E-state index contributed by atoms with van der Waals surface area (Å²) in [6.45, 7) is 4.79. The number of imide groups is 1. The molecule has 4 amide bonds. The van der Waals surface area contributed by atoms with Crippen LogP contribution in [-0.2, 0) is 14.4 Å². The van der Waals surface area contributed by atoms with E-state index in [9.17, 15) is 29.3 Å². The number of nitrogens with zero attached hydrogens (tertiary/aromatic N) is 4. The predicted octanol–water partition coefficient (Wildman–Crippen LogP) is 5.00. The molecule has 1 aliphatic rings. The van der Waals surface area contributed by atoms with Gasteiger partial charge in [-0.3, -0.25) is 34.4 Å². The number of nitro benzene ring substituents is 1. The van der Waals surface area contributed by atoms with Crippen LogP contribution >= 0.6 is 11.6 Å². The summed E-state index contributed by atoms with van der Waals surface area (Å²) < 4.78 is 11.0. The molecular weight excluding hydrogens is 594 g/mol. The summed E-state index contributed by atoms with van der Waals surface area (Å²) >= 11 is 6.20. The number of carbonyl (C=O) groups excluding carboxylic acids is 4. The average Bonchev–Trinajstić information content (AvgIpc) is 3.30. The molecule has 0 saturated carbocycles. The van der Waals surface area contributed by atoms with E-state index >= 15 is 0 Å². The van der Waals surface area contributed by atoms with Gasteiger partial charge in [0.25, 0.3) is 17.5 Å². The number of nitro groups is 1. The van der Waals surface area contributed by atoms with E-state index in [0.29, 0.717) is 11.4 Å². The summed E-state index contributed by atoms with van der Waals surface area (Å²) in [4.78, 5) is 64.8. The van der Waals surface area contributed by atoms with Crippen LogP contribution in [-0.4, -0.2) is 60.4 Å². The van der Waals surface area contributed by atoms with Gasteiger partial charge < -0.3 is 14.8 Å². The van der Waals surface area contributed by atoms with E-state index < -0.39 is 46.3 Å². The fourth-order valence-electron chi connectivity index (χ4n) is 4.53. The van der Waals surface area contributed by atoms with E-state index in [1.165, 1.54) is 25.2 Å². The lowest BCUT2D eigenvalue weighted by molar-refractivity contribution is -0.384. The first kappa shape index (κ1) is 31.8. The Balaban J connectivity index is 1.68. The monoisotopic (exact) mass is 623 g/mol. The van der Waals surface area contributed by atoms with Crippen molar-refractivity contribution in [2.75, 3.05) is 35.9 Å². The molecule has 2 atom stereocenters. The molecule has 0 spiro atoms. The molecule has 1 N–H and O–H groups in total. The van der Waals surface area contributed by atoms with Gasteiger partial charge in [-0.05, 0) is 61.9 Å². The number of amides is 4. The van der Waals surface area contributed by atoms with Crippen molar-refractivity contribution >= 4 is 58.0 Å². The zero-order valence-electron chi connectivity index (χ0n) is 24.6. The van der Waals surface area contributed by atoms with E-state index in [0.717, 1.165) is 34.5 Å². The fraction of sp³-hybridized carbons (Fsp3) is 0.267. The number of anilines is 3. The van der Waals surface area contributed by atoms with Gasteiger partial charge in [0.2, 0.25) is 6.10 Å². The van der Waals surface area contributed by atoms with Crippen LogP contribution in [0, 0.1) is 23.0 Å². The van der Waals surface area contributed by atoms with Gasteiger partial charge in [-0.1, -0.05) is 24.6 Å². The van der Waals surface area contributed by atoms with Gasteiger partial charge in [-0.25, -0.2) is 4.79 Å². The molecule has 3 aromatic rings. The summed E-state index contributed by atoms with van der Waals surface area (Å²) in [5, 5.41) is 16.9. The van der Waals surface area contributed by atoms with Gasteiger partial charge in [-0.2, -0.15) is 5.01 Å². The Labute approximate surface area is 258 Å². The van der Waals surface area contributed by atoms with Crippen LogP contribution in [0.5, 0.6) is 11.5 Å². The number of ketones is 1. The smallest absolute Gasteiger partial charge is 0.350 e. The van der Waals surface area contributed by atoms with Crippen molar-refractivity contribution in [2.24, 2.45) is 5.92 Å². The molecule has 3 aromatic carbocycles. The van der Waals surface area contributed by atoms with Crippen LogP contribution in [0.3, 0.4) is 0 Å². The third-order valence-corrected chi connectivity index (χ3v) is 7.23. The van der Waals surface area contributed by atoms with Gasteiger partial charge in [0.05, 0.1) is 46.6 Å². The number of hydrogen-bond acceptors (Lipinski definition) is 9. The maximum atomic E-state index is 13.9. The fourth-order valence-corrected chi connectivity index (χ4v) is 4.69. The number of ether oxygens (including phenoxy) is 2. The Morgan fingerprint density at radius 1 is 1.11 bits per heavy atom. The first-order chi connectivity index (χ1) is 20.8. The minimum atomic E-state index is -1.71. The van der Waals surface area contributed by atoms with Gasteiger partial charge >= 0.3 is 6.03 Å². The number of carbonyl (C=O) groups is 4. The van der Waals surface area contributed by atoms with E-state index in [-0.39, 0.29) is 28.7 Å². The minimum Gasteiger partial charge on any atom is -0.497 e. The molecule has 2 unspecified atom stereocenters. The number of rotatable bonds is 9. The quantitative estimate of drug-likeness (QED) is 0.197. The lowest BCUT2D eigenvalue weighted by Gasteiger charge is -2.32. The largest absolute Gasteiger partial charge is 0.497 e. The number of hydrazine groups is 1. The van der Waals surface area contributed by atoms with Crippen LogP contribution in [0.1, 0.15) is 19.4 Å². The topological polar surface area (TPSA) is 152 Å². The van der Waals surface area contributed by atoms with Crippen molar-refractivity contribution in [3.8, 4) is 11.5 Å². The summed E-state index contributed by atoms with van der Waals surface area (Å²) in [5.74, 6) is -2.19.